The number of ether oxygens (including phenoxy) is 3. The first-order chi connectivity index (χ1) is 19.9. The number of amides is 2. The third kappa shape index (κ3) is 7.80. The van der Waals surface area contributed by atoms with E-state index in [2.05, 4.69) is 15.2 Å². The van der Waals surface area contributed by atoms with Crippen LogP contribution in [0.5, 0.6) is 11.5 Å². The SMILES string of the molecule is O=C(O)c1ccc(OC2CCN(C(=O)Oc3ccc(NC(=O)c4ccc(CN5CCOCC5)cc4)nc3)CC2)cc1. The Morgan fingerprint density at radius 2 is 1.54 bits per heavy atom. The zero-order valence-electron chi connectivity index (χ0n) is 22.5. The molecule has 0 spiro atoms. The van der Waals surface area contributed by atoms with Gasteiger partial charge in [0, 0.05) is 51.1 Å². The summed E-state index contributed by atoms with van der Waals surface area (Å²) < 4.78 is 16.8. The van der Waals surface area contributed by atoms with Crippen molar-refractivity contribution in [1.29, 1.82) is 0 Å². The van der Waals surface area contributed by atoms with E-state index in [-0.39, 0.29) is 23.3 Å². The number of rotatable bonds is 8. The number of hydrogen-bond acceptors (Lipinski definition) is 8. The molecule has 2 saturated heterocycles. The van der Waals surface area contributed by atoms with Crippen molar-refractivity contribution >= 4 is 23.8 Å². The Morgan fingerprint density at radius 1 is 0.878 bits per heavy atom. The van der Waals surface area contributed by atoms with Gasteiger partial charge in [0.1, 0.15) is 17.7 Å². The monoisotopic (exact) mass is 560 g/mol. The standard InChI is InChI=1S/C30H32N4O7/c35-28(22-3-1-21(2-4-22)20-33-15-17-39-18-16-33)32-27-10-9-26(19-31-27)41-30(38)34-13-11-25(12-14-34)40-24-7-5-23(6-8-24)29(36)37/h1-10,19,25H,11-18,20H2,(H,36,37)(H,31,32,35). The van der Waals surface area contributed by atoms with Crippen molar-refractivity contribution in [3.05, 3.63) is 83.6 Å². The smallest absolute Gasteiger partial charge is 0.415 e. The Balaban J connectivity index is 1.05. The molecule has 0 aliphatic carbocycles. The number of carbonyl (C=O) groups is 3. The van der Waals surface area contributed by atoms with E-state index in [0.29, 0.717) is 43.1 Å². The fourth-order valence-corrected chi connectivity index (χ4v) is 4.67. The molecule has 3 aromatic rings. The predicted octanol–water partition coefficient (Wildman–Crippen LogP) is 3.91. The highest BCUT2D eigenvalue weighted by molar-refractivity contribution is 6.03. The van der Waals surface area contributed by atoms with Crippen molar-refractivity contribution in [2.45, 2.75) is 25.5 Å². The number of hydrogen-bond donors (Lipinski definition) is 2. The van der Waals surface area contributed by atoms with E-state index in [1.165, 1.54) is 18.3 Å². The molecule has 2 fully saturated rings. The van der Waals surface area contributed by atoms with Gasteiger partial charge in [0.05, 0.1) is 25.0 Å². The second-order valence-electron chi connectivity index (χ2n) is 9.92. The van der Waals surface area contributed by atoms with Gasteiger partial charge in [-0.2, -0.15) is 0 Å². The van der Waals surface area contributed by atoms with Gasteiger partial charge in [-0.05, 0) is 54.1 Å². The van der Waals surface area contributed by atoms with Crippen LogP contribution in [-0.2, 0) is 11.3 Å². The van der Waals surface area contributed by atoms with Crippen molar-refractivity contribution in [2.24, 2.45) is 0 Å². The summed E-state index contributed by atoms with van der Waals surface area (Å²) in [6.07, 6.45) is 2.07. The van der Waals surface area contributed by atoms with Crippen molar-refractivity contribution in [3.8, 4) is 11.5 Å². The maximum Gasteiger partial charge on any atom is 0.415 e. The summed E-state index contributed by atoms with van der Waals surface area (Å²) in [7, 11) is 0. The van der Waals surface area contributed by atoms with Gasteiger partial charge >= 0.3 is 12.1 Å². The highest BCUT2D eigenvalue weighted by Crippen LogP contribution is 2.21. The summed E-state index contributed by atoms with van der Waals surface area (Å²) in [6, 6.07) is 16.9. The molecular formula is C30H32N4O7. The molecule has 11 nitrogen and oxygen atoms in total. The van der Waals surface area contributed by atoms with Crippen LogP contribution in [0.4, 0.5) is 10.6 Å². The molecule has 1 aromatic heterocycles. The normalized spacial score (nSPS) is 16.1. The number of carboxylic acid groups (broad SMARTS) is 1. The Kier molecular flexibility index (Phi) is 9.07. The Morgan fingerprint density at radius 3 is 2.17 bits per heavy atom. The van der Waals surface area contributed by atoms with Gasteiger partial charge in [-0.15, -0.1) is 0 Å². The zero-order valence-corrected chi connectivity index (χ0v) is 22.5. The zero-order chi connectivity index (χ0) is 28.6. The lowest BCUT2D eigenvalue weighted by Crippen LogP contribution is -2.43. The molecule has 0 bridgehead atoms. The molecule has 0 saturated carbocycles. The molecule has 3 heterocycles. The van der Waals surface area contributed by atoms with Gasteiger partial charge in [-0.25, -0.2) is 14.6 Å². The summed E-state index contributed by atoms with van der Waals surface area (Å²) >= 11 is 0. The van der Waals surface area contributed by atoms with Crippen LogP contribution in [-0.4, -0.2) is 83.4 Å². The molecule has 2 aliphatic rings. The number of piperidine rings is 1. The Labute approximate surface area is 237 Å². The van der Waals surface area contributed by atoms with Crippen molar-refractivity contribution in [3.63, 3.8) is 0 Å². The van der Waals surface area contributed by atoms with E-state index in [1.807, 2.05) is 12.1 Å². The number of carbonyl (C=O) groups excluding carboxylic acids is 2. The minimum absolute atomic E-state index is 0.0831. The van der Waals surface area contributed by atoms with Crippen molar-refractivity contribution < 1.29 is 33.7 Å². The number of carboxylic acids is 1. The highest BCUT2D eigenvalue weighted by atomic mass is 16.6. The molecule has 0 radical (unpaired) electrons. The summed E-state index contributed by atoms with van der Waals surface area (Å²) in [5, 5.41) is 11.8. The Hall–Kier alpha value is -4.48. The van der Waals surface area contributed by atoms with E-state index in [0.717, 1.165) is 38.4 Å². The van der Waals surface area contributed by atoms with Gasteiger partial charge in [-0.1, -0.05) is 12.1 Å². The van der Waals surface area contributed by atoms with Gasteiger partial charge in [0.15, 0.2) is 5.75 Å². The highest BCUT2D eigenvalue weighted by Gasteiger charge is 2.25. The lowest BCUT2D eigenvalue weighted by atomic mass is 10.1. The lowest BCUT2D eigenvalue weighted by Gasteiger charge is -2.31. The van der Waals surface area contributed by atoms with Gasteiger partial charge in [0.25, 0.3) is 5.91 Å². The topological polar surface area (TPSA) is 131 Å². The van der Waals surface area contributed by atoms with Crippen LogP contribution < -0.4 is 14.8 Å². The molecule has 214 valence electrons. The number of benzene rings is 2. The average Bonchev–Trinajstić information content (AvgIpc) is 2.99. The van der Waals surface area contributed by atoms with E-state index in [1.54, 1.807) is 41.3 Å². The molecule has 2 N–H and O–H groups in total. The number of nitrogens with one attached hydrogen (secondary N) is 1. The van der Waals surface area contributed by atoms with Crippen LogP contribution in [0.15, 0.2) is 66.9 Å². The van der Waals surface area contributed by atoms with Crippen LogP contribution in [0.25, 0.3) is 0 Å². The summed E-state index contributed by atoms with van der Waals surface area (Å²) in [6.45, 7) is 5.04. The summed E-state index contributed by atoms with van der Waals surface area (Å²) in [5.74, 6) is -0.0453. The average molecular weight is 561 g/mol. The molecule has 0 unspecified atom stereocenters. The van der Waals surface area contributed by atoms with E-state index < -0.39 is 12.1 Å². The quantitative estimate of drug-likeness (QED) is 0.421. The first-order valence-electron chi connectivity index (χ1n) is 13.6. The second-order valence-corrected chi connectivity index (χ2v) is 9.92. The first kappa shape index (κ1) is 28.1. The van der Waals surface area contributed by atoms with E-state index in [9.17, 15) is 14.4 Å². The minimum Gasteiger partial charge on any atom is -0.490 e. The van der Waals surface area contributed by atoms with Crippen LogP contribution in [0, 0.1) is 0 Å². The number of morpholine rings is 1. The third-order valence-corrected chi connectivity index (χ3v) is 7.01. The number of pyridine rings is 1. The maximum absolute atomic E-state index is 12.7. The van der Waals surface area contributed by atoms with Crippen molar-refractivity contribution in [1.82, 2.24) is 14.8 Å². The molecule has 41 heavy (non-hydrogen) atoms. The summed E-state index contributed by atoms with van der Waals surface area (Å²) in [4.78, 5) is 44.4. The lowest BCUT2D eigenvalue weighted by molar-refractivity contribution is 0.0342. The molecule has 5 rings (SSSR count). The molecule has 2 aliphatic heterocycles. The van der Waals surface area contributed by atoms with Crippen LogP contribution >= 0.6 is 0 Å². The molecule has 0 atom stereocenters. The first-order valence-corrected chi connectivity index (χ1v) is 13.6. The van der Waals surface area contributed by atoms with Crippen LogP contribution in [0.1, 0.15) is 39.1 Å². The Bertz CT molecular complexity index is 1330. The molecule has 11 heteroatoms. The van der Waals surface area contributed by atoms with E-state index >= 15 is 0 Å². The number of aromatic nitrogens is 1. The molecule has 2 aromatic carbocycles. The number of anilines is 1. The molecule has 2 amide bonds. The van der Waals surface area contributed by atoms with Gasteiger partial charge in [0.2, 0.25) is 0 Å². The van der Waals surface area contributed by atoms with Gasteiger partial charge < -0.3 is 29.5 Å². The maximum atomic E-state index is 12.7. The van der Waals surface area contributed by atoms with Crippen molar-refractivity contribution in [2.75, 3.05) is 44.7 Å². The minimum atomic E-state index is -0.987. The summed E-state index contributed by atoms with van der Waals surface area (Å²) in [5.41, 5.74) is 1.86. The molecular weight excluding hydrogens is 528 g/mol. The third-order valence-electron chi connectivity index (χ3n) is 7.01. The van der Waals surface area contributed by atoms with E-state index in [4.69, 9.17) is 19.3 Å². The predicted molar refractivity (Wildman–Crippen MR) is 149 cm³/mol. The number of nitrogens with zero attached hydrogens (tertiary/aromatic N) is 3. The fourth-order valence-electron chi connectivity index (χ4n) is 4.67. The second kappa shape index (κ2) is 13.2. The number of likely N-dealkylation sites (tertiary alicyclic amines) is 1. The largest absolute Gasteiger partial charge is 0.490 e. The number of aromatic carboxylic acids is 1. The van der Waals surface area contributed by atoms with Crippen LogP contribution in [0.3, 0.4) is 0 Å². The van der Waals surface area contributed by atoms with Crippen LogP contribution in [0.2, 0.25) is 0 Å². The van der Waals surface area contributed by atoms with Gasteiger partial charge in [-0.3, -0.25) is 9.69 Å². The fraction of sp³-hybridized carbons (Fsp3) is 0.333.